The zero-order valence-electron chi connectivity index (χ0n) is 15.4. The van der Waals surface area contributed by atoms with Crippen LogP contribution in [0.1, 0.15) is 18.4 Å². The van der Waals surface area contributed by atoms with Gasteiger partial charge in [-0.2, -0.15) is 0 Å². The molecule has 0 bridgehead atoms. The summed E-state index contributed by atoms with van der Waals surface area (Å²) in [5, 5.41) is 12.2. The van der Waals surface area contributed by atoms with Crippen molar-refractivity contribution >= 4 is 20.9 Å². The van der Waals surface area contributed by atoms with E-state index in [-0.39, 0.29) is 5.92 Å². The van der Waals surface area contributed by atoms with E-state index < -0.39 is 15.6 Å². The van der Waals surface area contributed by atoms with Crippen LogP contribution in [0.15, 0.2) is 30.5 Å². The maximum absolute atomic E-state index is 11.9. The van der Waals surface area contributed by atoms with Crippen molar-refractivity contribution in [3.05, 3.63) is 36.0 Å². The lowest BCUT2D eigenvalue weighted by atomic mass is 9.76. The highest BCUT2D eigenvalue weighted by Crippen LogP contribution is 2.36. The first-order valence-corrected chi connectivity index (χ1v) is 11.0. The third kappa shape index (κ3) is 3.29. The number of likely N-dealkylation sites (tertiary alicyclic amines) is 1. The molecule has 7 heteroatoms. The van der Waals surface area contributed by atoms with Gasteiger partial charge in [0.1, 0.15) is 0 Å². The Kier molecular flexibility index (Phi) is 4.38. The number of hydrogen-bond acceptors (Lipinski definition) is 4. The summed E-state index contributed by atoms with van der Waals surface area (Å²) >= 11 is 0. The van der Waals surface area contributed by atoms with Gasteiger partial charge < -0.3 is 9.67 Å². The predicted octanol–water partition coefficient (Wildman–Crippen LogP) is 1.40. The Balaban J connectivity index is 1.49. The highest BCUT2D eigenvalue weighted by Gasteiger charge is 2.46. The summed E-state index contributed by atoms with van der Waals surface area (Å²) in [6.45, 7) is 3.25. The molecule has 4 rings (SSSR count). The molecule has 1 aromatic carbocycles. The Morgan fingerprint density at radius 2 is 1.96 bits per heavy atom. The monoisotopic (exact) mass is 377 g/mol. The zero-order valence-corrected chi connectivity index (χ0v) is 16.2. The van der Waals surface area contributed by atoms with Gasteiger partial charge in [-0.05, 0) is 35.9 Å². The number of fused-ring (bicyclic) bond motifs is 2. The molecule has 2 aliphatic rings. The zero-order chi connectivity index (χ0) is 18.5. The summed E-state index contributed by atoms with van der Waals surface area (Å²) in [6.07, 6.45) is 4.57. The number of hydrogen-bond donors (Lipinski definition) is 1. The highest BCUT2D eigenvalue weighted by atomic mass is 32.2. The van der Waals surface area contributed by atoms with Crippen LogP contribution in [-0.4, -0.2) is 65.3 Å². The number of aryl methyl sites for hydroxylation is 1. The molecule has 26 heavy (non-hydrogen) atoms. The van der Waals surface area contributed by atoms with Gasteiger partial charge in [0.2, 0.25) is 10.0 Å². The van der Waals surface area contributed by atoms with E-state index in [0.29, 0.717) is 25.9 Å². The topological polar surface area (TPSA) is 65.8 Å². The fourth-order valence-corrected chi connectivity index (χ4v) is 5.32. The van der Waals surface area contributed by atoms with E-state index in [1.165, 1.54) is 27.0 Å². The van der Waals surface area contributed by atoms with Gasteiger partial charge in [0, 0.05) is 57.4 Å². The molecule has 0 amide bonds. The quantitative estimate of drug-likeness (QED) is 0.878. The lowest BCUT2D eigenvalue weighted by molar-refractivity contribution is -0.103. The number of aromatic nitrogens is 1. The normalized spacial score (nSPS) is 28.3. The first kappa shape index (κ1) is 18.0. The third-order valence-electron chi connectivity index (χ3n) is 6.15. The summed E-state index contributed by atoms with van der Waals surface area (Å²) in [6, 6.07) is 8.64. The van der Waals surface area contributed by atoms with Crippen molar-refractivity contribution in [2.75, 3.05) is 32.4 Å². The maximum Gasteiger partial charge on any atom is 0.211 e. The minimum Gasteiger partial charge on any atom is -0.389 e. The van der Waals surface area contributed by atoms with Crippen LogP contribution in [0.3, 0.4) is 0 Å². The average Bonchev–Trinajstić information content (AvgIpc) is 2.95. The molecule has 2 fully saturated rings. The van der Waals surface area contributed by atoms with E-state index >= 15 is 0 Å². The molecular formula is C19H27N3O3S. The maximum atomic E-state index is 11.9. The van der Waals surface area contributed by atoms with Crippen molar-refractivity contribution < 1.29 is 13.5 Å². The molecule has 1 N–H and O–H groups in total. The third-order valence-corrected chi connectivity index (χ3v) is 7.42. The van der Waals surface area contributed by atoms with Crippen molar-refractivity contribution in [3.8, 4) is 0 Å². The summed E-state index contributed by atoms with van der Waals surface area (Å²) < 4.78 is 27.4. The van der Waals surface area contributed by atoms with E-state index in [2.05, 4.69) is 47.0 Å². The lowest BCUT2D eigenvalue weighted by Crippen LogP contribution is -2.60. The number of piperidine rings is 2. The molecule has 0 radical (unpaired) electrons. The van der Waals surface area contributed by atoms with Crippen molar-refractivity contribution in [2.24, 2.45) is 13.0 Å². The molecule has 0 saturated carbocycles. The van der Waals surface area contributed by atoms with Crippen LogP contribution in [0.25, 0.3) is 10.9 Å². The Morgan fingerprint density at radius 3 is 2.73 bits per heavy atom. The smallest absolute Gasteiger partial charge is 0.211 e. The minimum absolute atomic E-state index is 0.0292. The second kappa shape index (κ2) is 6.34. The Labute approximate surface area is 155 Å². The van der Waals surface area contributed by atoms with Gasteiger partial charge in [-0.25, -0.2) is 12.7 Å². The van der Waals surface area contributed by atoms with Gasteiger partial charge in [0.15, 0.2) is 0 Å². The molecule has 142 valence electrons. The molecule has 6 nitrogen and oxygen atoms in total. The Morgan fingerprint density at radius 1 is 1.19 bits per heavy atom. The van der Waals surface area contributed by atoms with Gasteiger partial charge in [0.25, 0.3) is 0 Å². The number of nitrogens with zero attached hydrogens (tertiary/aromatic N) is 3. The molecule has 2 aromatic rings. The lowest BCUT2D eigenvalue weighted by Gasteiger charge is -2.49. The van der Waals surface area contributed by atoms with Crippen LogP contribution >= 0.6 is 0 Å². The SMILES string of the molecule is Cn1ccc2ccc(CN3CC[C@@]4(O)CCN(S(C)(=O)=O)C[C@H]4C3)cc21. The van der Waals surface area contributed by atoms with E-state index in [1.54, 1.807) is 0 Å². The second-order valence-electron chi connectivity index (χ2n) is 7.98. The second-order valence-corrected chi connectivity index (χ2v) is 9.96. The van der Waals surface area contributed by atoms with Crippen LogP contribution in [0.4, 0.5) is 0 Å². The summed E-state index contributed by atoms with van der Waals surface area (Å²) in [4.78, 5) is 2.34. The van der Waals surface area contributed by atoms with Crippen LogP contribution in [0, 0.1) is 5.92 Å². The fourth-order valence-electron chi connectivity index (χ4n) is 4.45. The van der Waals surface area contributed by atoms with E-state index in [4.69, 9.17) is 0 Å². The van der Waals surface area contributed by atoms with Crippen molar-refractivity contribution in [1.29, 1.82) is 0 Å². The van der Waals surface area contributed by atoms with Gasteiger partial charge in [-0.15, -0.1) is 0 Å². The largest absolute Gasteiger partial charge is 0.389 e. The molecule has 3 heterocycles. The molecule has 2 aliphatic heterocycles. The summed E-state index contributed by atoms with van der Waals surface area (Å²) in [5.74, 6) is -0.0292. The number of sulfonamides is 1. The molecule has 2 atom stereocenters. The summed E-state index contributed by atoms with van der Waals surface area (Å²) in [7, 11) is -1.15. The van der Waals surface area contributed by atoms with Crippen LogP contribution < -0.4 is 0 Å². The van der Waals surface area contributed by atoms with E-state index in [9.17, 15) is 13.5 Å². The average molecular weight is 378 g/mol. The molecule has 0 unspecified atom stereocenters. The fraction of sp³-hybridized carbons (Fsp3) is 0.579. The van der Waals surface area contributed by atoms with Crippen LogP contribution in [0.5, 0.6) is 0 Å². The standard InChI is InChI=1S/C19H27N3O3S/c1-20-8-5-16-4-3-15(11-18(16)20)12-21-9-6-19(23)7-10-22(26(2,24)25)14-17(19)13-21/h3-5,8,11,17,23H,6-7,9-10,12-14H2,1-2H3/t17-,19-/m1/s1. The molecule has 2 saturated heterocycles. The minimum atomic E-state index is -3.20. The molecule has 1 aromatic heterocycles. The van der Waals surface area contributed by atoms with Crippen molar-refractivity contribution in [2.45, 2.75) is 25.0 Å². The molecular weight excluding hydrogens is 350 g/mol. The Hall–Kier alpha value is -1.41. The van der Waals surface area contributed by atoms with Gasteiger partial charge in [-0.1, -0.05) is 12.1 Å². The first-order chi connectivity index (χ1) is 12.2. The predicted molar refractivity (Wildman–Crippen MR) is 102 cm³/mol. The van der Waals surface area contributed by atoms with E-state index in [0.717, 1.165) is 19.6 Å². The molecule has 0 aliphatic carbocycles. The highest BCUT2D eigenvalue weighted by molar-refractivity contribution is 7.88. The molecule has 0 spiro atoms. The van der Waals surface area contributed by atoms with E-state index in [1.807, 2.05) is 0 Å². The van der Waals surface area contributed by atoms with Crippen molar-refractivity contribution in [1.82, 2.24) is 13.8 Å². The Bertz CT molecular complexity index is 923. The number of aliphatic hydroxyl groups is 1. The first-order valence-electron chi connectivity index (χ1n) is 9.18. The van der Waals surface area contributed by atoms with Gasteiger partial charge >= 0.3 is 0 Å². The van der Waals surface area contributed by atoms with Crippen LogP contribution in [0.2, 0.25) is 0 Å². The van der Waals surface area contributed by atoms with Crippen LogP contribution in [-0.2, 0) is 23.6 Å². The number of rotatable bonds is 3. The summed E-state index contributed by atoms with van der Waals surface area (Å²) in [5.41, 5.74) is 1.75. The van der Waals surface area contributed by atoms with Gasteiger partial charge in [0.05, 0.1) is 11.9 Å². The van der Waals surface area contributed by atoms with Crippen molar-refractivity contribution in [3.63, 3.8) is 0 Å². The number of benzene rings is 1. The van der Waals surface area contributed by atoms with Gasteiger partial charge in [-0.3, -0.25) is 4.90 Å².